The molecule has 1 aromatic carbocycles. The average Bonchev–Trinajstić information content (AvgIpc) is 2.41. The summed E-state index contributed by atoms with van der Waals surface area (Å²) in [5.74, 6) is -0.0223. The minimum atomic E-state index is -0.398. The lowest BCUT2D eigenvalue weighted by atomic mass is 9.82. The summed E-state index contributed by atoms with van der Waals surface area (Å²) < 4.78 is 0. The van der Waals surface area contributed by atoms with Gasteiger partial charge in [0, 0.05) is 12.2 Å². The highest BCUT2D eigenvalue weighted by Gasteiger charge is 2.34. The van der Waals surface area contributed by atoms with Crippen molar-refractivity contribution in [1.82, 2.24) is 5.32 Å². The fourth-order valence-corrected chi connectivity index (χ4v) is 2.38. The van der Waals surface area contributed by atoms with Crippen molar-refractivity contribution in [3.8, 4) is 6.07 Å². The Balaban J connectivity index is 2.13. The van der Waals surface area contributed by atoms with Crippen molar-refractivity contribution < 1.29 is 4.79 Å². The van der Waals surface area contributed by atoms with Crippen LogP contribution < -0.4 is 10.6 Å². The van der Waals surface area contributed by atoms with E-state index >= 15 is 0 Å². The van der Waals surface area contributed by atoms with E-state index < -0.39 is 5.41 Å². The Morgan fingerprint density at radius 3 is 3.00 bits per heavy atom. The minimum Gasteiger partial charge on any atom is -0.326 e. The van der Waals surface area contributed by atoms with E-state index in [4.69, 9.17) is 16.9 Å². The molecule has 0 aliphatic carbocycles. The Hall–Kier alpha value is -1.57. The summed E-state index contributed by atoms with van der Waals surface area (Å²) in [6, 6.07) is 6.93. The van der Waals surface area contributed by atoms with Crippen LogP contribution in [0.15, 0.2) is 18.2 Å². The van der Waals surface area contributed by atoms with Crippen LogP contribution in [-0.2, 0) is 4.79 Å². The molecular weight excluding hydrogens is 262 g/mol. The summed E-state index contributed by atoms with van der Waals surface area (Å²) in [6.45, 7) is 3.59. The largest absolute Gasteiger partial charge is 0.326 e. The first-order valence-corrected chi connectivity index (χ1v) is 6.65. The maximum Gasteiger partial charge on any atom is 0.231 e. The van der Waals surface area contributed by atoms with Gasteiger partial charge in [-0.1, -0.05) is 11.6 Å². The summed E-state index contributed by atoms with van der Waals surface area (Å²) >= 11 is 5.86. The zero-order valence-electron chi connectivity index (χ0n) is 10.8. The maximum absolute atomic E-state index is 12.3. The molecular formula is C14H16ClN3O. The number of carbonyl (C=O) groups is 1. The third-order valence-corrected chi connectivity index (χ3v) is 3.82. The zero-order valence-corrected chi connectivity index (χ0v) is 11.5. The number of nitriles is 1. The Labute approximate surface area is 117 Å². The van der Waals surface area contributed by atoms with E-state index in [0.29, 0.717) is 22.8 Å². The van der Waals surface area contributed by atoms with Crippen LogP contribution in [0.5, 0.6) is 0 Å². The predicted molar refractivity (Wildman–Crippen MR) is 75.0 cm³/mol. The van der Waals surface area contributed by atoms with Gasteiger partial charge in [0.25, 0.3) is 0 Å². The van der Waals surface area contributed by atoms with Crippen molar-refractivity contribution in [3.05, 3.63) is 28.8 Å². The van der Waals surface area contributed by atoms with E-state index in [9.17, 15) is 4.79 Å². The van der Waals surface area contributed by atoms with E-state index in [2.05, 4.69) is 10.6 Å². The van der Waals surface area contributed by atoms with Crippen LogP contribution in [0.1, 0.15) is 25.3 Å². The minimum absolute atomic E-state index is 0.0223. The number of benzene rings is 1. The molecule has 5 heteroatoms. The molecule has 100 valence electrons. The van der Waals surface area contributed by atoms with Gasteiger partial charge in [0.05, 0.1) is 16.0 Å². The first-order chi connectivity index (χ1) is 9.05. The van der Waals surface area contributed by atoms with Gasteiger partial charge >= 0.3 is 0 Å². The third-order valence-electron chi connectivity index (χ3n) is 3.49. The molecule has 1 aromatic rings. The number of nitrogens with zero attached hydrogens (tertiary/aromatic N) is 1. The molecule has 1 atom stereocenters. The predicted octanol–water partition coefficient (Wildman–Crippen LogP) is 2.54. The highest BCUT2D eigenvalue weighted by molar-refractivity contribution is 6.31. The summed E-state index contributed by atoms with van der Waals surface area (Å²) in [7, 11) is 0. The molecule has 19 heavy (non-hydrogen) atoms. The molecule has 1 amide bonds. The number of anilines is 1. The summed E-state index contributed by atoms with van der Waals surface area (Å²) in [5.41, 5.74) is 0.578. The topological polar surface area (TPSA) is 64.9 Å². The van der Waals surface area contributed by atoms with Crippen LogP contribution in [0.2, 0.25) is 5.02 Å². The number of amides is 1. The molecule has 0 saturated carbocycles. The van der Waals surface area contributed by atoms with Crippen molar-refractivity contribution in [1.29, 1.82) is 5.26 Å². The first kappa shape index (κ1) is 13.9. The van der Waals surface area contributed by atoms with Gasteiger partial charge in [-0.25, -0.2) is 0 Å². The van der Waals surface area contributed by atoms with Gasteiger partial charge in [-0.05, 0) is 44.5 Å². The van der Waals surface area contributed by atoms with Crippen LogP contribution in [0.3, 0.4) is 0 Å². The fraction of sp³-hybridized carbons (Fsp3) is 0.429. The zero-order chi connectivity index (χ0) is 13.9. The van der Waals surface area contributed by atoms with E-state index in [1.807, 2.05) is 13.0 Å². The molecule has 1 heterocycles. The Kier molecular flexibility index (Phi) is 4.08. The Morgan fingerprint density at radius 2 is 2.37 bits per heavy atom. The van der Waals surface area contributed by atoms with Crippen LogP contribution in [-0.4, -0.2) is 19.0 Å². The van der Waals surface area contributed by atoms with Crippen LogP contribution in [0.4, 0.5) is 5.69 Å². The summed E-state index contributed by atoms with van der Waals surface area (Å²) in [4.78, 5) is 12.3. The van der Waals surface area contributed by atoms with Crippen LogP contribution in [0.25, 0.3) is 0 Å². The maximum atomic E-state index is 12.3. The Morgan fingerprint density at radius 1 is 1.58 bits per heavy atom. The van der Waals surface area contributed by atoms with Gasteiger partial charge in [-0.2, -0.15) is 5.26 Å². The molecule has 1 fully saturated rings. The average molecular weight is 278 g/mol. The number of rotatable bonds is 2. The Bertz CT molecular complexity index is 530. The third kappa shape index (κ3) is 3.06. The molecule has 1 aliphatic rings. The van der Waals surface area contributed by atoms with Gasteiger partial charge in [0.2, 0.25) is 5.91 Å². The van der Waals surface area contributed by atoms with Gasteiger partial charge in [0.15, 0.2) is 0 Å². The molecule has 2 N–H and O–H groups in total. The van der Waals surface area contributed by atoms with Crippen molar-refractivity contribution in [2.75, 3.05) is 18.4 Å². The lowest BCUT2D eigenvalue weighted by Gasteiger charge is -2.32. The van der Waals surface area contributed by atoms with E-state index in [-0.39, 0.29) is 5.91 Å². The molecule has 1 saturated heterocycles. The quantitative estimate of drug-likeness (QED) is 0.873. The van der Waals surface area contributed by atoms with Crippen molar-refractivity contribution in [2.24, 2.45) is 5.41 Å². The number of hydrogen-bond acceptors (Lipinski definition) is 3. The van der Waals surface area contributed by atoms with Gasteiger partial charge in [0.1, 0.15) is 6.07 Å². The standard InChI is InChI=1S/C14H16ClN3O/c1-14(5-2-6-17-9-14)13(19)18-11-3-4-12(15)10(7-11)8-16/h3-4,7,17H,2,5-6,9H2,1H3,(H,18,19). The van der Waals surface area contributed by atoms with Crippen LogP contribution in [0, 0.1) is 16.7 Å². The molecule has 1 unspecified atom stereocenters. The second-order valence-corrected chi connectivity index (χ2v) is 5.51. The number of nitrogens with one attached hydrogen (secondary N) is 2. The summed E-state index contributed by atoms with van der Waals surface area (Å²) in [6.07, 6.45) is 1.86. The van der Waals surface area contributed by atoms with Crippen LogP contribution >= 0.6 is 11.6 Å². The molecule has 0 aromatic heterocycles. The molecule has 4 nitrogen and oxygen atoms in total. The SMILES string of the molecule is CC1(C(=O)Nc2ccc(Cl)c(C#N)c2)CCCNC1. The normalized spacial score (nSPS) is 22.6. The van der Waals surface area contributed by atoms with E-state index in [0.717, 1.165) is 19.4 Å². The number of hydrogen-bond donors (Lipinski definition) is 2. The number of piperidine rings is 1. The second kappa shape index (κ2) is 5.60. The smallest absolute Gasteiger partial charge is 0.231 e. The molecule has 0 spiro atoms. The molecule has 0 radical (unpaired) electrons. The van der Waals surface area contributed by atoms with Crippen molar-refractivity contribution in [3.63, 3.8) is 0 Å². The first-order valence-electron chi connectivity index (χ1n) is 6.27. The molecule has 2 rings (SSSR count). The second-order valence-electron chi connectivity index (χ2n) is 5.10. The van der Waals surface area contributed by atoms with E-state index in [1.165, 1.54) is 0 Å². The lowest BCUT2D eigenvalue weighted by Crippen LogP contribution is -2.46. The fourth-order valence-electron chi connectivity index (χ4n) is 2.22. The van der Waals surface area contributed by atoms with Crippen molar-refractivity contribution in [2.45, 2.75) is 19.8 Å². The molecule has 1 aliphatic heterocycles. The molecule has 0 bridgehead atoms. The van der Waals surface area contributed by atoms with E-state index in [1.54, 1.807) is 18.2 Å². The van der Waals surface area contributed by atoms with Crippen molar-refractivity contribution >= 4 is 23.2 Å². The van der Waals surface area contributed by atoms with Gasteiger partial charge in [-0.15, -0.1) is 0 Å². The monoisotopic (exact) mass is 277 g/mol. The summed E-state index contributed by atoms with van der Waals surface area (Å²) in [5, 5.41) is 15.4. The number of halogens is 1. The highest BCUT2D eigenvalue weighted by atomic mass is 35.5. The highest BCUT2D eigenvalue weighted by Crippen LogP contribution is 2.28. The van der Waals surface area contributed by atoms with Gasteiger partial charge in [-0.3, -0.25) is 4.79 Å². The number of carbonyl (C=O) groups excluding carboxylic acids is 1. The van der Waals surface area contributed by atoms with Gasteiger partial charge < -0.3 is 10.6 Å². The lowest BCUT2D eigenvalue weighted by molar-refractivity contribution is -0.125.